The minimum absolute atomic E-state index is 0.191. The molecule has 1 amide bonds. The molecule has 1 aromatic rings. The monoisotopic (exact) mass is 288 g/mol. The van der Waals surface area contributed by atoms with E-state index in [1.807, 2.05) is 18.0 Å². The van der Waals surface area contributed by atoms with Crippen molar-refractivity contribution in [3.63, 3.8) is 0 Å². The number of nitrogens with zero attached hydrogens (tertiary/aromatic N) is 1. The molecule has 1 N–H and O–H groups in total. The van der Waals surface area contributed by atoms with Crippen LogP contribution in [0.1, 0.15) is 38.7 Å². The van der Waals surface area contributed by atoms with Crippen molar-refractivity contribution in [2.45, 2.75) is 51.6 Å². The molecule has 1 aromatic carbocycles. The van der Waals surface area contributed by atoms with E-state index >= 15 is 0 Å². The first-order chi connectivity index (χ1) is 10.1. The lowest BCUT2D eigenvalue weighted by Gasteiger charge is -2.34. The zero-order valence-corrected chi connectivity index (χ0v) is 13.5. The Morgan fingerprint density at radius 1 is 1.38 bits per heavy atom. The first kappa shape index (κ1) is 16.0. The normalized spacial score (nSPS) is 23.6. The van der Waals surface area contributed by atoms with Crippen LogP contribution in [0.4, 0.5) is 0 Å². The molecule has 1 heterocycles. The molecule has 1 aliphatic rings. The summed E-state index contributed by atoms with van der Waals surface area (Å²) in [5.74, 6) is 0.516. The molecule has 2 rings (SSSR count). The Kier molecular flexibility index (Phi) is 5.80. The molecule has 116 valence electrons. The van der Waals surface area contributed by atoms with Gasteiger partial charge in [-0.25, -0.2) is 0 Å². The number of likely N-dealkylation sites (N-methyl/N-ethyl adjacent to an activating group) is 1. The van der Waals surface area contributed by atoms with Crippen LogP contribution in [0.2, 0.25) is 0 Å². The largest absolute Gasteiger partial charge is 0.342 e. The van der Waals surface area contributed by atoms with Crippen molar-refractivity contribution in [3.05, 3.63) is 35.9 Å². The quantitative estimate of drug-likeness (QED) is 0.903. The molecule has 1 fully saturated rings. The van der Waals surface area contributed by atoms with Crippen LogP contribution in [0.15, 0.2) is 30.3 Å². The highest BCUT2D eigenvalue weighted by atomic mass is 16.2. The van der Waals surface area contributed by atoms with Gasteiger partial charge in [0.1, 0.15) is 0 Å². The van der Waals surface area contributed by atoms with Crippen LogP contribution in [0.25, 0.3) is 0 Å². The van der Waals surface area contributed by atoms with E-state index < -0.39 is 0 Å². The van der Waals surface area contributed by atoms with Crippen LogP contribution in [0.3, 0.4) is 0 Å². The number of amides is 1. The second kappa shape index (κ2) is 7.60. The van der Waals surface area contributed by atoms with Gasteiger partial charge in [0.2, 0.25) is 5.91 Å². The van der Waals surface area contributed by atoms with Gasteiger partial charge in [-0.15, -0.1) is 0 Å². The van der Waals surface area contributed by atoms with Crippen LogP contribution in [-0.4, -0.2) is 36.5 Å². The van der Waals surface area contributed by atoms with Crippen LogP contribution >= 0.6 is 0 Å². The molecule has 3 atom stereocenters. The number of carbonyl (C=O) groups excluding carboxylic acids is 1. The first-order valence-corrected chi connectivity index (χ1v) is 8.15. The van der Waals surface area contributed by atoms with Crippen molar-refractivity contribution in [3.8, 4) is 0 Å². The van der Waals surface area contributed by atoms with Gasteiger partial charge in [0.05, 0.1) is 0 Å². The van der Waals surface area contributed by atoms with Crippen LogP contribution in [0, 0.1) is 5.92 Å². The SMILES string of the molecule is CCC(Cc1ccccc1)N(C)C(=O)[C@H]1CCN[C@@H](C)C1. The summed E-state index contributed by atoms with van der Waals surface area (Å²) in [6.07, 6.45) is 3.87. The van der Waals surface area contributed by atoms with Gasteiger partial charge in [-0.1, -0.05) is 37.3 Å². The Morgan fingerprint density at radius 2 is 2.10 bits per heavy atom. The van der Waals surface area contributed by atoms with Crippen LogP contribution in [0.5, 0.6) is 0 Å². The average Bonchev–Trinajstić information content (AvgIpc) is 2.52. The van der Waals surface area contributed by atoms with Gasteiger partial charge in [-0.3, -0.25) is 4.79 Å². The molecule has 21 heavy (non-hydrogen) atoms. The second-order valence-electron chi connectivity index (χ2n) is 6.28. The van der Waals surface area contributed by atoms with Crippen molar-refractivity contribution >= 4 is 5.91 Å². The third-order valence-electron chi connectivity index (χ3n) is 4.65. The van der Waals surface area contributed by atoms with E-state index in [0.29, 0.717) is 18.0 Å². The van der Waals surface area contributed by atoms with E-state index in [1.165, 1.54) is 5.56 Å². The maximum absolute atomic E-state index is 12.7. The average molecular weight is 288 g/mol. The van der Waals surface area contributed by atoms with Gasteiger partial charge < -0.3 is 10.2 Å². The highest BCUT2D eigenvalue weighted by Crippen LogP contribution is 2.21. The molecule has 1 aliphatic heterocycles. The van der Waals surface area contributed by atoms with Crippen molar-refractivity contribution < 1.29 is 4.79 Å². The summed E-state index contributed by atoms with van der Waals surface area (Å²) in [5, 5.41) is 3.42. The van der Waals surface area contributed by atoms with E-state index in [-0.39, 0.29) is 5.92 Å². The zero-order chi connectivity index (χ0) is 15.2. The molecule has 1 unspecified atom stereocenters. The highest BCUT2D eigenvalue weighted by Gasteiger charge is 2.29. The fraction of sp³-hybridized carbons (Fsp3) is 0.611. The van der Waals surface area contributed by atoms with E-state index in [2.05, 4.69) is 43.4 Å². The summed E-state index contributed by atoms with van der Waals surface area (Å²) in [5.41, 5.74) is 1.31. The number of hydrogen-bond donors (Lipinski definition) is 1. The lowest BCUT2D eigenvalue weighted by molar-refractivity contribution is -0.137. The Labute approximate surface area is 128 Å². The van der Waals surface area contributed by atoms with E-state index in [1.54, 1.807) is 0 Å². The molecule has 1 saturated heterocycles. The Hall–Kier alpha value is -1.35. The van der Waals surface area contributed by atoms with Gasteiger partial charge in [-0.2, -0.15) is 0 Å². The number of benzene rings is 1. The van der Waals surface area contributed by atoms with E-state index in [0.717, 1.165) is 32.2 Å². The molecule has 0 spiro atoms. The van der Waals surface area contributed by atoms with E-state index in [4.69, 9.17) is 0 Å². The minimum atomic E-state index is 0.191. The number of carbonyl (C=O) groups is 1. The molecule has 0 radical (unpaired) electrons. The highest BCUT2D eigenvalue weighted by molar-refractivity contribution is 5.79. The van der Waals surface area contributed by atoms with Gasteiger partial charge in [-0.05, 0) is 44.7 Å². The zero-order valence-electron chi connectivity index (χ0n) is 13.5. The van der Waals surface area contributed by atoms with Crippen LogP contribution in [-0.2, 0) is 11.2 Å². The third-order valence-corrected chi connectivity index (χ3v) is 4.65. The molecular formula is C18H28N2O. The van der Waals surface area contributed by atoms with Crippen molar-refractivity contribution in [1.82, 2.24) is 10.2 Å². The summed E-state index contributed by atoms with van der Waals surface area (Å²) in [6, 6.07) is 11.2. The molecule has 0 saturated carbocycles. The lowest BCUT2D eigenvalue weighted by atomic mass is 9.91. The summed E-state index contributed by atoms with van der Waals surface area (Å²) in [4.78, 5) is 14.7. The minimum Gasteiger partial charge on any atom is -0.342 e. The number of nitrogens with one attached hydrogen (secondary N) is 1. The fourth-order valence-electron chi connectivity index (χ4n) is 3.27. The van der Waals surface area contributed by atoms with Crippen molar-refractivity contribution in [1.29, 1.82) is 0 Å². The molecule has 3 heteroatoms. The Balaban J connectivity index is 1.98. The lowest BCUT2D eigenvalue weighted by Crippen LogP contribution is -2.46. The summed E-state index contributed by atoms with van der Waals surface area (Å²) < 4.78 is 0. The fourth-order valence-corrected chi connectivity index (χ4v) is 3.27. The number of piperidine rings is 1. The van der Waals surface area contributed by atoms with Gasteiger partial charge >= 0.3 is 0 Å². The maximum Gasteiger partial charge on any atom is 0.225 e. The van der Waals surface area contributed by atoms with Crippen LogP contribution < -0.4 is 5.32 Å². The molecule has 3 nitrogen and oxygen atoms in total. The first-order valence-electron chi connectivity index (χ1n) is 8.15. The molecule has 0 bridgehead atoms. The topological polar surface area (TPSA) is 32.3 Å². The Bertz CT molecular complexity index is 446. The number of rotatable bonds is 5. The van der Waals surface area contributed by atoms with Gasteiger partial charge in [0.25, 0.3) is 0 Å². The molecule has 0 aromatic heterocycles. The molecular weight excluding hydrogens is 260 g/mol. The van der Waals surface area contributed by atoms with Gasteiger partial charge in [0.15, 0.2) is 0 Å². The third kappa shape index (κ3) is 4.31. The smallest absolute Gasteiger partial charge is 0.225 e. The maximum atomic E-state index is 12.7. The predicted octanol–water partition coefficient (Wildman–Crippen LogP) is 2.85. The van der Waals surface area contributed by atoms with Crippen molar-refractivity contribution in [2.75, 3.05) is 13.6 Å². The summed E-state index contributed by atoms with van der Waals surface area (Å²) >= 11 is 0. The van der Waals surface area contributed by atoms with Gasteiger partial charge in [0, 0.05) is 25.0 Å². The molecule has 0 aliphatic carbocycles. The number of hydrogen-bond acceptors (Lipinski definition) is 2. The Morgan fingerprint density at radius 3 is 2.71 bits per heavy atom. The summed E-state index contributed by atoms with van der Waals surface area (Å²) in [7, 11) is 1.98. The van der Waals surface area contributed by atoms with Crippen molar-refractivity contribution in [2.24, 2.45) is 5.92 Å². The van der Waals surface area contributed by atoms with E-state index in [9.17, 15) is 4.79 Å². The predicted molar refractivity (Wildman–Crippen MR) is 87.2 cm³/mol. The standard InChI is InChI=1S/C18H28N2O/c1-4-17(13-15-8-6-5-7-9-15)20(3)18(21)16-10-11-19-14(2)12-16/h5-9,14,16-17,19H,4,10-13H2,1-3H3/t14-,16-,17?/m0/s1. The second-order valence-corrected chi connectivity index (χ2v) is 6.28. The summed E-state index contributed by atoms with van der Waals surface area (Å²) in [6.45, 7) is 5.30.